The molecule has 33 heavy (non-hydrogen) atoms. The van der Waals surface area contributed by atoms with Crippen LogP contribution in [0.1, 0.15) is 16.7 Å². The molecule has 3 rings (SSSR count). The van der Waals surface area contributed by atoms with Crippen LogP contribution < -0.4 is 14.8 Å². The average Bonchev–Trinajstić information content (AvgIpc) is 2.83. The van der Waals surface area contributed by atoms with Crippen molar-refractivity contribution in [2.45, 2.75) is 13.5 Å². The van der Waals surface area contributed by atoms with E-state index in [-0.39, 0.29) is 17.9 Å². The van der Waals surface area contributed by atoms with Crippen molar-refractivity contribution in [3.63, 3.8) is 0 Å². The summed E-state index contributed by atoms with van der Waals surface area (Å²) < 4.78 is 11.1. The van der Waals surface area contributed by atoms with E-state index in [1.54, 1.807) is 42.5 Å². The van der Waals surface area contributed by atoms with E-state index >= 15 is 0 Å². The molecular weight excluding hydrogens is 422 g/mol. The zero-order valence-electron chi connectivity index (χ0n) is 18.1. The Labute approximate surface area is 190 Å². The minimum absolute atomic E-state index is 0.0404. The van der Waals surface area contributed by atoms with Crippen LogP contribution in [0.5, 0.6) is 11.5 Å². The molecule has 0 aliphatic carbocycles. The molecule has 0 aliphatic heterocycles. The van der Waals surface area contributed by atoms with E-state index in [1.165, 1.54) is 25.3 Å². The third-order valence-electron chi connectivity index (χ3n) is 4.71. The molecule has 0 aliphatic rings. The average molecular weight is 443 g/mol. The second kappa shape index (κ2) is 10.6. The molecule has 8 nitrogen and oxygen atoms in total. The highest BCUT2D eigenvalue weighted by atomic mass is 16.6. The summed E-state index contributed by atoms with van der Waals surface area (Å²) in [5.74, 6) is 0.322. The third kappa shape index (κ3) is 6.18. The van der Waals surface area contributed by atoms with Crippen LogP contribution in [-0.4, -0.2) is 17.9 Å². The molecule has 166 valence electrons. The lowest BCUT2D eigenvalue weighted by Crippen LogP contribution is -2.13. The van der Waals surface area contributed by atoms with Gasteiger partial charge in [0.15, 0.2) is 0 Å². The van der Waals surface area contributed by atoms with E-state index in [4.69, 9.17) is 9.47 Å². The Hall–Kier alpha value is -4.64. The smallest absolute Gasteiger partial charge is 0.269 e. The van der Waals surface area contributed by atoms with Crippen LogP contribution in [0.15, 0.2) is 72.3 Å². The molecule has 0 fully saturated rings. The SMILES string of the molecule is COc1ccc(/C=C(\C#N)C(=O)Nc2ccc(C)cc2)c(OCc2cccc([N+](=O)[O-])c2)c1. The number of nitro benzene ring substituents is 1. The molecule has 3 aromatic rings. The lowest BCUT2D eigenvalue weighted by molar-refractivity contribution is -0.384. The second-order valence-corrected chi connectivity index (χ2v) is 7.11. The topological polar surface area (TPSA) is 114 Å². The number of non-ortho nitro benzene ring substituents is 1. The van der Waals surface area contributed by atoms with Gasteiger partial charge in [-0.05, 0) is 42.8 Å². The minimum Gasteiger partial charge on any atom is -0.497 e. The molecule has 0 saturated heterocycles. The Balaban J connectivity index is 1.85. The molecule has 1 amide bonds. The van der Waals surface area contributed by atoms with Gasteiger partial charge < -0.3 is 14.8 Å². The number of nitrogens with zero attached hydrogens (tertiary/aromatic N) is 2. The molecule has 0 spiro atoms. The van der Waals surface area contributed by atoms with Crippen molar-refractivity contribution in [3.05, 3.63) is 99.1 Å². The van der Waals surface area contributed by atoms with Gasteiger partial charge in [-0.2, -0.15) is 5.26 Å². The number of carbonyl (C=O) groups is 1. The fraction of sp³-hybridized carbons (Fsp3) is 0.120. The van der Waals surface area contributed by atoms with E-state index in [1.807, 2.05) is 25.1 Å². The van der Waals surface area contributed by atoms with Crippen molar-refractivity contribution in [2.75, 3.05) is 12.4 Å². The largest absolute Gasteiger partial charge is 0.497 e. The van der Waals surface area contributed by atoms with Crippen LogP contribution >= 0.6 is 0 Å². The highest BCUT2D eigenvalue weighted by Gasteiger charge is 2.13. The van der Waals surface area contributed by atoms with Crippen LogP contribution in [-0.2, 0) is 11.4 Å². The summed E-state index contributed by atoms with van der Waals surface area (Å²) in [5, 5.41) is 23.3. The zero-order chi connectivity index (χ0) is 23.8. The van der Waals surface area contributed by atoms with Gasteiger partial charge in [-0.3, -0.25) is 14.9 Å². The second-order valence-electron chi connectivity index (χ2n) is 7.11. The number of hydrogen-bond donors (Lipinski definition) is 1. The number of nitriles is 1. The molecule has 0 aromatic heterocycles. The number of methoxy groups -OCH3 is 1. The maximum absolute atomic E-state index is 12.6. The van der Waals surface area contributed by atoms with Gasteiger partial charge in [0, 0.05) is 29.4 Å². The Morgan fingerprint density at radius 3 is 2.58 bits per heavy atom. The van der Waals surface area contributed by atoms with Crippen molar-refractivity contribution < 1.29 is 19.2 Å². The Morgan fingerprint density at radius 1 is 1.15 bits per heavy atom. The molecule has 1 N–H and O–H groups in total. The van der Waals surface area contributed by atoms with Crippen LogP contribution in [0.2, 0.25) is 0 Å². The van der Waals surface area contributed by atoms with Crippen LogP contribution in [0.25, 0.3) is 6.08 Å². The number of benzene rings is 3. The zero-order valence-corrected chi connectivity index (χ0v) is 18.1. The first-order chi connectivity index (χ1) is 15.9. The van der Waals surface area contributed by atoms with E-state index in [0.717, 1.165) is 5.56 Å². The molecule has 0 saturated carbocycles. The van der Waals surface area contributed by atoms with Gasteiger partial charge in [0.1, 0.15) is 29.7 Å². The molecule has 0 atom stereocenters. The predicted molar refractivity (Wildman–Crippen MR) is 124 cm³/mol. The van der Waals surface area contributed by atoms with Gasteiger partial charge in [-0.25, -0.2) is 0 Å². The normalized spacial score (nSPS) is 10.8. The fourth-order valence-corrected chi connectivity index (χ4v) is 2.95. The van der Waals surface area contributed by atoms with Gasteiger partial charge >= 0.3 is 0 Å². The Morgan fingerprint density at radius 2 is 1.91 bits per heavy atom. The molecule has 0 unspecified atom stereocenters. The number of amides is 1. The summed E-state index contributed by atoms with van der Waals surface area (Å²) in [6.45, 7) is 1.98. The monoisotopic (exact) mass is 443 g/mol. The number of nitrogens with one attached hydrogen (secondary N) is 1. The van der Waals surface area contributed by atoms with Gasteiger partial charge in [-0.15, -0.1) is 0 Å². The highest BCUT2D eigenvalue weighted by molar-refractivity contribution is 6.09. The van der Waals surface area contributed by atoms with E-state index < -0.39 is 10.8 Å². The van der Waals surface area contributed by atoms with Gasteiger partial charge in [-0.1, -0.05) is 29.8 Å². The van der Waals surface area contributed by atoms with Crippen molar-refractivity contribution in [1.29, 1.82) is 5.26 Å². The standard InChI is InChI=1S/C25H21N3O5/c1-17-6-9-21(10-7-17)27-25(29)20(15-26)13-19-8-11-23(32-2)14-24(19)33-16-18-4-3-5-22(12-18)28(30)31/h3-14H,16H2,1-2H3,(H,27,29)/b20-13+. The van der Waals surface area contributed by atoms with Crippen LogP contribution in [0.4, 0.5) is 11.4 Å². The molecule has 0 radical (unpaired) electrons. The summed E-state index contributed by atoms with van der Waals surface area (Å²) in [6.07, 6.45) is 1.42. The summed E-state index contributed by atoms with van der Waals surface area (Å²) >= 11 is 0. The maximum atomic E-state index is 12.6. The summed E-state index contributed by atoms with van der Waals surface area (Å²) in [7, 11) is 1.50. The maximum Gasteiger partial charge on any atom is 0.269 e. The van der Waals surface area contributed by atoms with Gasteiger partial charge in [0.25, 0.3) is 11.6 Å². The quantitative estimate of drug-likeness (QED) is 0.226. The van der Waals surface area contributed by atoms with Gasteiger partial charge in [0.2, 0.25) is 0 Å². The number of aryl methyl sites for hydroxylation is 1. The Bertz CT molecular complexity index is 1240. The molecule has 3 aromatic carbocycles. The molecule has 8 heteroatoms. The van der Waals surface area contributed by atoms with Crippen LogP contribution in [0.3, 0.4) is 0 Å². The van der Waals surface area contributed by atoms with Crippen molar-refractivity contribution in [3.8, 4) is 17.6 Å². The van der Waals surface area contributed by atoms with Gasteiger partial charge in [0.05, 0.1) is 12.0 Å². The fourth-order valence-electron chi connectivity index (χ4n) is 2.95. The summed E-state index contributed by atoms with van der Waals surface area (Å²) in [4.78, 5) is 23.1. The third-order valence-corrected chi connectivity index (χ3v) is 4.71. The molecule has 0 bridgehead atoms. The summed E-state index contributed by atoms with van der Waals surface area (Å²) in [6, 6.07) is 20.2. The minimum atomic E-state index is -0.554. The number of carbonyl (C=O) groups excluding carboxylic acids is 1. The predicted octanol–water partition coefficient (Wildman–Crippen LogP) is 5.04. The molecular formula is C25H21N3O5. The first-order valence-electron chi connectivity index (χ1n) is 9.93. The number of anilines is 1. The van der Waals surface area contributed by atoms with Crippen molar-refractivity contribution in [1.82, 2.24) is 0 Å². The summed E-state index contributed by atoms with van der Waals surface area (Å²) in [5.41, 5.74) is 2.55. The Kier molecular flexibility index (Phi) is 7.39. The first-order valence-corrected chi connectivity index (χ1v) is 9.93. The number of rotatable bonds is 8. The van der Waals surface area contributed by atoms with E-state index in [2.05, 4.69) is 5.32 Å². The number of nitro groups is 1. The van der Waals surface area contributed by atoms with Crippen molar-refractivity contribution >= 4 is 23.4 Å². The number of hydrogen-bond acceptors (Lipinski definition) is 6. The van der Waals surface area contributed by atoms with E-state index in [0.29, 0.717) is 28.3 Å². The van der Waals surface area contributed by atoms with Crippen molar-refractivity contribution in [2.24, 2.45) is 0 Å². The molecule has 0 heterocycles. The first kappa shape index (κ1) is 23.0. The van der Waals surface area contributed by atoms with E-state index in [9.17, 15) is 20.2 Å². The number of ether oxygens (including phenoxy) is 2. The lowest BCUT2D eigenvalue weighted by atomic mass is 10.1. The van der Waals surface area contributed by atoms with Crippen LogP contribution in [0, 0.1) is 28.4 Å². The lowest BCUT2D eigenvalue weighted by Gasteiger charge is -2.12. The highest BCUT2D eigenvalue weighted by Crippen LogP contribution is 2.28.